The van der Waals surface area contributed by atoms with Crippen LogP contribution in [0.4, 0.5) is 8.78 Å². The van der Waals surface area contributed by atoms with Crippen LogP contribution in [0, 0.1) is 0 Å². The van der Waals surface area contributed by atoms with Crippen molar-refractivity contribution in [2.24, 2.45) is 4.99 Å². The van der Waals surface area contributed by atoms with Crippen LogP contribution in [0.1, 0.15) is 17.8 Å². The number of carbonyl (C=O) groups excluding carboxylic acids is 1. The Balaban J connectivity index is 1.77. The van der Waals surface area contributed by atoms with E-state index in [-0.39, 0.29) is 25.2 Å². The number of hydrogen-bond donors (Lipinski definition) is 0. The highest BCUT2D eigenvalue weighted by Crippen LogP contribution is 2.34. The molecule has 6 nitrogen and oxygen atoms in total. The molecule has 0 saturated carbocycles. The van der Waals surface area contributed by atoms with Gasteiger partial charge in [0.15, 0.2) is 5.83 Å². The lowest BCUT2D eigenvalue weighted by Gasteiger charge is -2.16. The van der Waals surface area contributed by atoms with Gasteiger partial charge in [0.25, 0.3) is 5.91 Å². The Hall–Kier alpha value is -2.39. The third kappa shape index (κ3) is 4.48. The number of nitrogens with zero attached hydrogens (tertiary/aromatic N) is 4. The summed E-state index contributed by atoms with van der Waals surface area (Å²) in [6.45, 7) is -0.0224. The van der Waals surface area contributed by atoms with E-state index >= 15 is 0 Å². The Morgan fingerprint density at radius 2 is 2.22 bits per heavy atom. The number of aromatic nitrogens is 2. The van der Waals surface area contributed by atoms with Crippen molar-refractivity contribution in [2.75, 3.05) is 14.1 Å². The summed E-state index contributed by atoms with van der Waals surface area (Å²) in [7, 11) is 3.28. The van der Waals surface area contributed by atoms with Crippen LogP contribution < -0.4 is 0 Å². The first kappa shape index (κ1) is 19.4. The predicted molar refractivity (Wildman–Crippen MR) is 99.9 cm³/mol. The van der Waals surface area contributed by atoms with Gasteiger partial charge in [0, 0.05) is 33.1 Å². The Labute approximate surface area is 162 Å². The molecule has 10 heteroatoms. The SMILES string of the molecule is CN(C)/C=N/C(=O)C1=C(F)CCC(OCc2nc3cc(Cl)cnc3s2)=C1F. The quantitative estimate of drug-likeness (QED) is 0.544. The van der Waals surface area contributed by atoms with Gasteiger partial charge in [0.1, 0.15) is 39.1 Å². The van der Waals surface area contributed by atoms with Crippen LogP contribution >= 0.6 is 22.9 Å². The van der Waals surface area contributed by atoms with E-state index in [0.29, 0.717) is 20.4 Å². The number of halogens is 3. The van der Waals surface area contributed by atoms with E-state index in [2.05, 4.69) is 15.0 Å². The summed E-state index contributed by atoms with van der Waals surface area (Å²) in [5, 5.41) is 1.02. The standard InChI is InChI=1S/C17H15ClF2N4O2S/c1-24(2)8-22-16(25)14-10(19)3-4-12(15(14)20)26-7-13-23-11-5-9(18)6-21-17(11)27-13/h5-6,8H,3-4,7H2,1-2H3/b22-8+. The smallest absolute Gasteiger partial charge is 0.284 e. The van der Waals surface area contributed by atoms with Crippen LogP contribution in [0.3, 0.4) is 0 Å². The molecule has 0 unspecified atom stereocenters. The highest BCUT2D eigenvalue weighted by Gasteiger charge is 2.29. The third-order valence-corrected chi connectivity index (χ3v) is 4.71. The van der Waals surface area contributed by atoms with Crippen molar-refractivity contribution in [2.45, 2.75) is 19.4 Å². The Morgan fingerprint density at radius 3 is 2.96 bits per heavy atom. The maximum atomic E-state index is 14.6. The van der Waals surface area contributed by atoms with Crippen molar-refractivity contribution in [1.29, 1.82) is 0 Å². The lowest BCUT2D eigenvalue weighted by atomic mass is 10.0. The number of rotatable bonds is 5. The molecular weight excluding hydrogens is 398 g/mol. The van der Waals surface area contributed by atoms with Gasteiger partial charge in [-0.1, -0.05) is 22.9 Å². The minimum absolute atomic E-state index is 0.0147. The predicted octanol–water partition coefficient (Wildman–Crippen LogP) is 4.18. The summed E-state index contributed by atoms with van der Waals surface area (Å²) < 4.78 is 34.1. The van der Waals surface area contributed by atoms with Crippen molar-refractivity contribution in [3.05, 3.63) is 45.3 Å². The number of pyridine rings is 1. The van der Waals surface area contributed by atoms with E-state index in [9.17, 15) is 13.6 Å². The molecule has 0 radical (unpaired) electrons. The van der Waals surface area contributed by atoms with Gasteiger partial charge in [-0.05, 0) is 6.07 Å². The van der Waals surface area contributed by atoms with Gasteiger partial charge in [-0.2, -0.15) is 4.99 Å². The molecule has 2 aromatic heterocycles. The maximum absolute atomic E-state index is 14.6. The van der Waals surface area contributed by atoms with Gasteiger partial charge in [0.05, 0.1) is 11.4 Å². The highest BCUT2D eigenvalue weighted by molar-refractivity contribution is 7.18. The average molecular weight is 413 g/mol. The summed E-state index contributed by atoms with van der Waals surface area (Å²) in [4.78, 5) is 26.2. The fraction of sp³-hybridized carbons (Fsp3) is 0.294. The fourth-order valence-electron chi connectivity index (χ4n) is 2.35. The molecule has 2 aromatic rings. The zero-order valence-electron chi connectivity index (χ0n) is 14.5. The summed E-state index contributed by atoms with van der Waals surface area (Å²) in [6, 6.07) is 1.67. The Morgan fingerprint density at radius 1 is 1.44 bits per heavy atom. The molecular formula is C17H15ClF2N4O2S. The molecule has 0 atom stereocenters. The first-order chi connectivity index (χ1) is 12.8. The molecule has 1 aliphatic carbocycles. The molecule has 0 fully saturated rings. The number of thiazole rings is 1. The second-order valence-electron chi connectivity index (χ2n) is 5.90. The summed E-state index contributed by atoms with van der Waals surface area (Å²) in [5.74, 6) is -2.94. The number of hydrogen-bond acceptors (Lipinski definition) is 5. The Bertz CT molecular complexity index is 984. The molecule has 0 N–H and O–H groups in total. The minimum atomic E-state index is -1.03. The number of ether oxygens (including phenoxy) is 1. The number of allylic oxidation sites excluding steroid dienone is 2. The van der Waals surface area contributed by atoms with Crippen LogP contribution in [-0.4, -0.2) is 41.2 Å². The second-order valence-corrected chi connectivity index (χ2v) is 7.40. The van der Waals surface area contributed by atoms with E-state index in [0.717, 1.165) is 0 Å². The fourth-order valence-corrected chi connectivity index (χ4v) is 3.30. The summed E-state index contributed by atoms with van der Waals surface area (Å²) in [5.41, 5.74) is -0.0730. The molecule has 27 heavy (non-hydrogen) atoms. The van der Waals surface area contributed by atoms with Gasteiger partial charge < -0.3 is 9.64 Å². The zero-order valence-corrected chi connectivity index (χ0v) is 16.1. The molecule has 3 rings (SSSR count). The van der Waals surface area contributed by atoms with E-state index in [1.807, 2.05) is 0 Å². The molecule has 1 aliphatic rings. The van der Waals surface area contributed by atoms with Crippen molar-refractivity contribution < 1.29 is 18.3 Å². The van der Waals surface area contributed by atoms with Crippen molar-refractivity contribution in [3.8, 4) is 0 Å². The van der Waals surface area contributed by atoms with E-state index in [1.54, 1.807) is 20.2 Å². The van der Waals surface area contributed by atoms with Gasteiger partial charge >= 0.3 is 0 Å². The van der Waals surface area contributed by atoms with E-state index in [4.69, 9.17) is 16.3 Å². The summed E-state index contributed by atoms with van der Waals surface area (Å²) in [6.07, 6.45) is 2.58. The van der Waals surface area contributed by atoms with Gasteiger partial charge in [-0.25, -0.2) is 18.7 Å². The number of aliphatic imine (C=N–C) groups is 1. The van der Waals surface area contributed by atoms with Crippen LogP contribution in [0.2, 0.25) is 5.02 Å². The molecule has 2 heterocycles. The van der Waals surface area contributed by atoms with Crippen LogP contribution in [0.15, 0.2) is 40.2 Å². The van der Waals surface area contributed by atoms with Crippen LogP contribution in [-0.2, 0) is 16.1 Å². The van der Waals surface area contributed by atoms with Crippen molar-refractivity contribution >= 4 is 45.5 Å². The minimum Gasteiger partial charge on any atom is -0.488 e. The highest BCUT2D eigenvalue weighted by atomic mass is 35.5. The van der Waals surface area contributed by atoms with Gasteiger partial charge in [-0.15, -0.1) is 0 Å². The number of amides is 1. The summed E-state index contributed by atoms with van der Waals surface area (Å²) >= 11 is 7.16. The molecule has 142 valence electrons. The monoisotopic (exact) mass is 412 g/mol. The number of carbonyl (C=O) groups is 1. The maximum Gasteiger partial charge on any atom is 0.284 e. The van der Waals surface area contributed by atoms with Gasteiger partial charge in [-0.3, -0.25) is 4.79 Å². The molecule has 0 spiro atoms. The largest absolute Gasteiger partial charge is 0.488 e. The lowest BCUT2D eigenvalue weighted by molar-refractivity contribution is -0.114. The van der Waals surface area contributed by atoms with Crippen LogP contribution in [0.25, 0.3) is 10.3 Å². The lowest BCUT2D eigenvalue weighted by Crippen LogP contribution is -2.14. The van der Waals surface area contributed by atoms with Crippen LogP contribution in [0.5, 0.6) is 0 Å². The van der Waals surface area contributed by atoms with E-state index < -0.39 is 23.1 Å². The average Bonchev–Trinajstić information content (AvgIpc) is 3.01. The molecule has 0 saturated heterocycles. The zero-order chi connectivity index (χ0) is 19.6. The molecule has 0 aromatic carbocycles. The normalized spacial score (nSPS) is 15.1. The first-order valence-corrected chi connectivity index (χ1v) is 9.11. The van der Waals surface area contributed by atoms with Crippen molar-refractivity contribution in [1.82, 2.24) is 14.9 Å². The van der Waals surface area contributed by atoms with E-state index in [1.165, 1.54) is 28.8 Å². The third-order valence-electron chi connectivity index (χ3n) is 3.56. The first-order valence-electron chi connectivity index (χ1n) is 7.91. The van der Waals surface area contributed by atoms with Crippen molar-refractivity contribution in [3.63, 3.8) is 0 Å². The molecule has 0 aliphatic heterocycles. The molecule has 1 amide bonds. The second kappa shape index (κ2) is 8.10. The molecule has 0 bridgehead atoms. The Kier molecular flexibility index (Phi) is 5.81. The number of fused-ring (bicyclic) bond motifs is 1. The topological polar surface area (TPSA) is 67.7 Å². The van der Waals surface area contributed by atoms with Gasteiger partial charge in [0.2, 0.25) is 0 Å².